The van der Waals surface area contributed by atoms with Crippen molar-refractivity contribution in [1.29, 1.82) is 0 Å². The highest BCUT2D eigenvalue weighted by Gasteiger charge is 2.22. The topological polar surface area (TPSA) is 78.3 Å². The smallest absolute Gasteiger partial charge is 0.234 e. The molecule has 1 amide bonds. The largest absolute Gasteiger partial charge is 0.497 e. The molecule has 32 heavy (non-hydrogen) atoms. The monoisotopic (exact) mass is 492 g/mol. The zero-order valence-corrected chi connectivity index (χ0v) is 19.7. The molecule has 0 aliphatic carbocycles. The number of halogens is 2. The molecule has 2 aromatic carbocycles. The fourth-order valence-corrected chi connectivity index (χ4v) is 4.50. The van der Waals surface area contributed by atoms with Gasteiger partial charge in [-0.1, -0.05) is 35.0 Å². The number of carbonyl (C=O) groups is 1. The van der Waals surface area contributed by atoms with Crippen LogP contribution < -0.4 is 10.1 Å². The number of ether oxygens (including phenoxy) is 2. The number of benzene rings is 2. The molecule has 168 valence electrons. The molecule has 7 nitrogen and oxygen atoms in total. The van der Waals surface area contributed by atoms with Crippen LogP contribution in [0, 0.1) is 0 Å². The van der Waals surface area contributed by atoms with Gasteiger partial charge in [-0.15, -0.1) is 10.2 Å². The van der Waals surface area contributed by atoms with E-state index >= 15 is 0 Å². The molecule has 0 spiro atoms. The maximum absolute atomic E-state index is 12.5. The fraction of sp³-hybridized carbons (Fsp3) is 0.318. The van der Waals surface area contributed by atoms with Crippen LogP contribution >= 0.6 is 35.0 Å². The summed E-state index contributed by atoms with van der Waals surface area (Å²) >= 11 is 13.5. The van der Waals surface area contributed by atoms with Gasteiger partial charge in [0.15, 0.2) is 11.0 Å². The van der Waals surface area contributed by atoms with Gasteiger partial charge in [-0.25, -0.2) is 0 Å². The van der Waals surface area contributed by atoms with Gasteiger partial charge in [-0.3, -0.25) is 9.36 Å². The molecule has 1 saturated heterocycles. The van der Waals surface area contributed by atoms with E-state index in [-0.39, 0.29) is 17.8 Å². The maximum Gasteiger partial charge on any atom is 0.234 e. The first-order valence-electron chi connectivity index (χ1n) is 10.1. The molecule has 10 heteroatoms. The van der Waals surface area contributed by atoms with Crippen LogP contribution in [-0.2, 0) is 16.1 Å². The first kappa shape index (κ1) is 22.9. The third-order valence-corrected chi connectivity index (χ3v) is 6.54. The SMILES string of the molecule is COc1ccc(-c2nnc(SCC(=O)Nc3cc(Cl)ccc3Cl)n2CC2CCCO2)cc1. The standard InChI is InChI=1S/C22H22Cl2N4O3S/c1-30-16-7-4-14(5-8-16)21-26-27-22(28(21)12-17-3-2-10-31-17)32-13-20(29)25-19-11-15(23)6-9-18(19)24/h4-9,11,17H,2-3,10,12-13H2,1H3,(H,25,29). The Balaban J connectivity index is 1.51. The summed E-state index contributed by atoms with van der Waals surface area (Å²) in [7, 11) is 1.63. The van der Waals surface area contributed by atoms with E-state index in [4.69, 9.17) is 32.7 Å². The van der Waals surface area contributed by atoms with Gasteiger partial charge in [0.2, 0.25) is 5.91 Å². The second-order valence-electron chi connectivity index (χ2n) is 7.24. The molecule has 1 atom stereocenters. The van der Waals surface area contributed by atoms with E-state index in [2.05, 4.69) is 15.5 Å². The van der Waals surface area contributed by atoms with Crippen LogP contribution in [-0.4, -0.2) is 46.2 Å². The summed E-state index contributed by atoms with van der Waals surface area (Å²) in [4.78, 5) is 12.5. The maximum atomic E-state index is 12.5. The number of aromatic nitrogens is 3. The molecule has 0 bridgehead atoms. The van der Waals surface area contributed by atoms with E-state index in [0.29, 0.717) is 27.4 Å². The summed E-state index contributed by atoms with van der Waals surface area (Å²) in [5, 5.41) is 13.1. The van der Waals surface area contributed by atoms with Crippen molar-refractivity contribution in [2.75, 3.05) is 24.8 Å². The Morgan fingerprint density at radius 1 is 1.25 bits per heavy atom. The van der Waals surface area contributed by atoms with Gasteiger partial charge in [-0.2, -0.15) is 0 Å². The quantitative estimate of drug-likeness (QED) is 0.437. The summed E-state index contributed by atoms with van der Waals surface area (Å²) < 4.78 is 13.1. The van der Waals surface area contributed by atoms with Crippen LogP contribution in [0.2, 0.25) is 10.0 Å². The van der Waals surface area contributed by atoms with Crippen molar-refractivity contribution in [1.82, 2.24) is 14.8 Å². The Morgan fingerprint density at radius 2 is 2.06 bits per heavy atom. The Morgan fingerprint density at radius 3 is 2.78 bits per heavy atom. The van der Waals surface area contributed by atoms with Crippen LogP contribution in [0.15, 0.2) is 47.6 Å². The van der Waals surface area contributed by atoms with Crippen molar-refractivity contribution < 1.29 is 14.3 Å². The molecular weight excluding hydrogens is 471 g/mol. The van der Waals surface area contributed by atoms with Gasteiger partial charge in [0.25, 0.3) is 0 Å². The molecule has 3 aromatic rings. The first-order chi connectivity index (χ1) is 15.5. The number of nitrogens with zero attached hydrogens (tertiary/aromatic N) is 3. The lowest BCUT2D eigenvalue weighted by atomic mass is 10.2. The zero-order valence-electron chi connectivity index (χ0n) is 17.4. The number of rotatable bonds is 8. The van der Waals surface area contributed by atoms with Gasteiger partial charge in [0.05, 0.1) is 36.2 Å². The highest BCUT2D eigenvalue weighted by molar-refractivity contribution is 7.99. The number of hydrogen-bond donors (Lipinski definition) is 1. The lowest BCUT2D eigenvalue weighted by Gasteiger charge is -2.15. The molecule has 4 rings (SSSR count). The molecular formula is C22H22Cl2N4O3S. The number of methoxy groups -OCH3 is 1. The van der Waals surface area contributed by atoms with Crippen LogP contribution in [0.5, 0.6) is 5.75 Å². The van der Waals surface area contributed by atoms with E-state index in [9.17, 15) is 4.79 Å². The van der Waals surface area contributed by atoms with E-state index in [1.807, 2.05) is 28.8 Å². The van der Waals surface area contributed by atoms with Crippen LogP contribution in [0.3, 0.4) is 0 Å². The number of nitrogens with one attached hydrogen (secondary N) is 1. The Kier molecular flexibility index (Phi) is 7.57. The van der Waals surface area contributed by atoms with Crippen molar-refractivity contribution >= 4 is 46.6 Å². The zero-order chi connectivity index (χ0) is 22.5. The summed E-state index contributed by atoms with van der Waals surface area (Å²) in [6, 6.07) is 12.6. The molecule has 1 N–H and O–H groups in total. The average molecular weight is 493 g/mol. The van der Waals surface area contributed by atoms with Gasteiger partial charge in [0.1, 0.15) is 5.75 Å². The number of anilines is 1. The van der Waals surface area contributed by atoms with Crippen molar-refractivity contribution in [2.24, 2.45) is 0 Å². The summed E-state index contributed by atoms with van der Waals surface area (Å²) in [6.07, 6.45) is 2.12. The second-order valence-corrected chi connectivity index (χ2v) is 9.03. The number of thioether (sulfide) groups is 1. The third kappa shape index (κ3) is 5.56. The highest BCUT2D eigenvalue weighted by atomic mass is 35.5. The molecule has 1 aliphatic heterocycles. The van der Waals surface area contributed by atoms with Crippen molar-refractivity contribution in [3.05, 3.63) is 52.5 Å². The highest BCUT2D eigenvalue weighted by Crippen LogP contribution is 2.29. The van der Waals surface area contributed by atoms with Gasteiger partial charge < -0.3 is 14.8 Å². The molecule has 0 saturated carbocycles. The van der Waals surface area contributed by atoms with E-state index in [0.717, 1.165) is 36.6 Å². The first-order valence-corrected chi connectivity index (χ1v) is 11.8. The Bertz CT molecular complexity index is 1090. The molecule has 2 heterocycles. The van der Waals surface area contributed by atoms with Gasteiger partial charge in [0, 0.05) is 17.2 Å². The Hall–Kier alpha value is -2.26. The normalized spacial score (nSPS) is 15.7. The van der Waals surface area contributed by atoms with Crippen LogP contribution in [0.1, 0.15) is 12.8 Å². The van der Waals surface area contributed by atoms with Gasteiger partial charge in [-0.05, 0) is 55.3 Å². The predicted molar refractivity (Wildman–Crippen MR) is 127 cm³/mol. The number of carbonyl (C=O) groups excluding carboxylic acids is 1. The minimum atomic E-state index is -0.211. The molecule has 1 aromatic heterocycles. The van der Waals surface area contributed by atoms with E-state index < -0.39 is 0 Å². The number of amides is 1. The summed E-state index contributed by atoms with van der Waals surface area (Å²) in [5.74, 6) is 1.43. The summed E-state index contributed by atoms with van der Waals surface area (Å²) in [5.41, 5.74) is 1.39. The lowest BCUT2D eigenvalue weighted by Crippen LogP contribution is -2.18. The fourth-order valence-electron chi connectivity index (χ4n) is 3.42. The van der Waals surface area contributed by atoms with Crippen molar-refractivity contribution in [3.63, 3.8) is 0 Å². The van der Waals surface area contributed by atoms with E-state index in [1.54, 1.807) is 25.3 Å². The van der Waals surface area contributed by atoms with Crippen molar-refractivity contribution in [2.45, 2.75) is 30.6 Å². The predicted octanol–water partition coefficient (Wildman–Crippen LogP) is 5.17. The van der Waals surface area contributed by atoms with Crippen LogP contribution in [0.25, 0.3) is 11.4 Å². The van der Waals surface area contributed by atoms with E-state index in [1.165, 1.54) is 11.8 Å². The lowest BCUT2D eigenvalue weighted by molar-refractivity contribution is -0.113. The molecule has 1 fully saturated rings. The van der Waals surface area contributed by atoms with Crippen LogP contribution in [0.4, 0.5) is 5.69 Å². The minimum Gasteiger partial charge on any atom is -0.497 e. The van der Waals surface area contributed by atoms with Gasteiger partial charge >= 0.3 is 0 Å². The third-order valence-electron chi connectivity index (χ3n) is 5.01. The molecule has 1 aliphatic rings. The average Bonchev–Trinajstić information content (AvgIpc) is 3.45. The minimum absolute atomic E-state index is 0.0986. The molecule has 0 radical (unpaired) electrons. The molecule has 1 unspecified atom stereocenters. The second kappa shape index (κ2) is 10.6. The Labute approximate surface area is 200 Å². The van der Waals surface area contributed by atoms with Crippen molar-refractivity contribution in [3.8, 4) is 17.1 Å². The summed E-state index contributed by atoms with van der Waals surface area (Å²) in [6.45, 7) is 1.38. The number of hydrogen-bond acceptors (Lipinski definition) is 6.